The fraction of sp³-hybridized carbons (Fsp3) is 0.471. The Morgan fingerprint density at radius 3 is 2.56 bits per heavy atom. The van der Waals surface area contributed by atoms with Crippen molar-refractivity contribution in [2.45, 2.75) is 31.7 Å². The van der Waals surface area contributed by atoms with Crippen molar-refractivity contribution >= 4 is 27.0 Å². The molecule has 2 heterocycles. The number of non-ortho nitro benzene ring substituents is 1. The van der Waals surface area contributed by atoms with Crippen LogP contribution >= 0.6 is 11.3 Å². The minimum Gasteiger partial charge on any atom is -0.295 e. The molecule has 1 fully saturated rings. The average Bonchev–Trinajstić information content (AvgIpc) is 3.09. The molecule has 0 radical (unpaired) electrons. The third-order valence-electron chi connectivity index (χ3n) is 4.62. The van der Waals surface area contributed by atoms with Crippen LogP contribution in [0.2, 0.25) is 0 Å². The van der Waals surface area contributed by atoms with Gasteiger partial charge in [-0.05, 0) is 18.9 Å². The standard InChI is InChI=1S/C17H22N4O4S2/c1-3-17-18-14(12-26-17)11-19-6-8-20(9-7-19)27(24,25)16-10-15(21(22)23)5-4-13(16)2/h4-5,10,12H,3,6-9,11H2,1-2H3. The Balaban J connectivity index is 1.69. The van der Waals surface area contributed by atoms with E-state index >= 15 is 0 Å². The molecule has 0 aliphatic carbocycles. The van der Waals surface area contributed by atoms with Gasteiger partial charge in [-0.15, -0.1) is 11.3 Å². The van der Waals surface area contributed by atoms with E-state index in [1.54, 1.807) is 18.3 Å². The van der Waals surface area contributed by atoms with Gasteiger partial charge in [-0.1, -0.05) is 13.0 Å². The molecular formula is C17H22N4O4S2. The number of aryl methyl sites for hydroxylation is 2. The Morgan fingerprint density at radius 1 is 1.26 bits per heavy atom. The molecule has 0 amide bonds. The third-order valence-corrected chi connectivity index (χ3v) is 7.70. The SMILES string of the molecule is CCc1nc(CN2CCN(S(=O)(=O)c3cc([N+](=O)[O-])ccc3C)CC2)cs1. The van der Waals surface area contributed by atoms with Crippen LogP contribution in [-0.2, 0) is 23.0 Å². The number of nitrogens with zero attached hydrogens (tertiary/aromatic N) is 4. The molecule has 0 spiro atoms. The maximum Gasteiger partial charge on any atom is 0.270 e. The van der Waals surface area contributed by atoms with Gasteiger partial charge in [-0.3, -0.25) is 15.0 Å². The van der Waals surface area contributed by atoms with E-state index in [0.29, 0.717) is 38.3 Å². The predicted octanol–water partition coefficient (Wildman–Crippen LogP) is 2.43. The molecule has 0 atom stereocenters. The zero-order valence-corrected chi connectivity index (χ0v) is 16.9. The van der Waals surface area contributed by atoms with E-state index in [2.05, 4.69) is 22.2 Å². The Hall–Kier alpha value is -1.88. The van der Waals surface area contributed by atoms with Crippen LogP contribution in [0.15, 0.2) is 28.5 Å². The number of hydrogen-bond acceptors (Lipinski definition) is 7. The fourth-order valence-electron chi connectivity index (χ4n) is 3.06. The number of benzene rings is 1. The minimum atomic E-state index is -3.76. The predicted molar refractivity (Wildman–Crippen MR) is 103 cm³/mol. The van der Waals surface area contributed by atoms with Gasteiger partial charge in [0.05, 0.1) is 20.5 Å². The van der Waals surface area contributed by atoms with Crippen molar-refractivity contribution < 1.29 is 13.3 Å². The van der Waals surface area contributed by atoms with E-state index in [4.69, 9.17) is 0 Å². The first-order valence-electron chi connectivity index (χ1n) is 8.72. The first-order chi connectivity index (χ1) is 12.8. The smallest absolute Gasteiger partial charge is 0.270 e. The summed E-state index contributed by atoms with van der Waals surface area (Å²) in [5.41, 5.74) is 1.31. The lowest BCUT2D eigenvalue weighted by atomic mass is 10.2. The summed E-state index contributed by atoms with van der Waals surface area (Å²) in [4.78, 5) is 17.2. The monoisotopic (exact) mass is 410 g/mol. The van der Waals surface area contributed by atoms with Crippen LogP contribution in [0.5, 0.6) is 0 Å². The van der Waals surface area contributed by atoms with Crippen molar-refractivity contribution in [3.63, 3.8) is 0 Å². The van der Waals surface area contributed by atoms with E-state index in [1.807, 2.05) is 0 Å². The Morgan fingerprint density at radius 2 is 1.96 bits per heavy atom. The molecule has 0 saturated carbocycles. The number of rotatable bonds is 6. The highest BCUT2D eigenvalue weighted by Gasteiger charge is 2.31. The van der Waals surface area contributed by atoms with Crippen LogP contribution in [0.25, 0.3) is 0 Å². The van der Waals surface area contributed by atoms with E-state index in [1.165, 1.54) is 16.4 Å². The molecule has 0 bridgehead atoms. The maximum absolute atomic E-state index is 13.0. The van der Waals surface area contributed by atoms with Crippen LogP contribution in [0.4, 0.5) is 5.69 Å². The Bertz CT molecular complexity index is 934. The van der Waals surface area contributed by atoms with E-state index < -0.39 is 14.9 Å². The number of hydrogen-bond donors (Lipinski definition) is 0. The van der Waals surface area contributed by atoms with Crippen molar-refractivity contribution in [3.8, 4) is 0 Å². The molecule has 0 unspecified atom stereocenters. The van der Waals surface area contributed by atoms with Gasteiger partial charge in [0.15, 0.2) is 0 Å². The number of aromatic nitrogens is 1. The lowest BCUT2D eigenvalue weighted by molar-refractivity contribution is -0.385. The number of nitro benzene ring substituents is 1. The largest absolute Gasteiger partial charge is 0.295 e. The maximum atomic E-state index is 13.0. The molecule has 1 aliphatic rings. The zero-order valence-electron chi connectivity index (χ0n) is 15.3. The minimum absolute atomic E-state index is 0.0113. The summed E-state index contributed by atoms with van der Waals surface area (Å²) in [5, 5.41) is 14.1. The number of sulfonamides is 1. The van der Waals surface area contributed by atoms with E-state index in [0.717, 1.165) is 23.2 Å². The normalized spacial score (nSPS) is 16.5. The summed E-state index contributed by atoms with van der Waals surface area (Å²) in [5.74, 6) is 0. The van der Waals surface area contributed by atoms with Gasteiger partial charge in [-0.25, -0.2) is 13.4 Å². The second-order valence-electron chi connectivity index (χ2n) is 6.47. The molecule has 1 aromatic carbocycles. The van der Waals surface area contributed by atoms with Gasteiger partial charge >= 0.3 is 0 Å². The number of nitro groups is 1. The van der Waals surface area contributed by atoms with Gasteiger partial charge in [0, 0.05) is 50.2 Å². The summed E-state index contributed by atoms with van der Waals surface area (Å²) in [6.45, 7) is 6.35. The Kier molecular flexibility index (Phi) is 5.89. The lowest BCUT2D eigenvalue weighted by Crippen LogP contribution is -2.48. The number of piperazine rings is 1. The highest BCUT2D eigenvalue weighted by atomic mass is 32.2. The first kappa shape index (κ1) is 19.9. The summed E-state index contributed by atoms with van der Waals surface area (Å²) < 4.78 is 27.3. The van der Waals surface area contributed by atoms with Crippen molar-refractivity contribution in [3.05, 3.63) is 50.0 Å². The number of thiazole rings is 1. The van der Waals surface area contributed by atoms with Crippen LogP contribution in [-0.4, -0.2) is 53.7 Å². The second-order valence-corrected chi connectivity index (χ2v) is 9.32. The molecule has 10 heteroatoms. The summed E-state index contributed by atoms with van der Waals surface area (Å²) in [6, 6.07) is 3.96. The van der Waals surface area contributed by atoms with Crippen LogP contribution in [0, 0.1) is 17.0 Å². The summed E-state index contributed by atoms with van der Waals surface area (Å²) in [6.07, 6.45) is 0.916. The summed E-state index contributed by atoms with van der Waals surface area (Å²) in [7, 11) is -3.76. The molecule has 0 N–H and O–H groups in total. The molecule has 1 saturated heterocycles. The molecule has 146 valence electrons. The van der Waals surface area contributed by atoms with Gasteiger partial charge < -0.3 is 0 Å². The molecule has 8 nitrogen and oxygen atoms in total. The molecular weight excluding hydrogens is 388 g/mol. The topological polar surface area (TPSA) is 96.7 Å². The second kappa shape index (κ2) is 8.01. The molecule has 27 heavy (non-hydrogen) atoms. The van der Waals surface area contributed by atoms with Crippen LogP contribution in [0.3, 0.4) is 0 Å². The van der Waals surface area contributed by atoms with Crippen molar-refractivity contribution in [2.75, 3.05) is 26.2 Å². The molecule has 3 rings (SSSR count). The molecule has 2 aromatic rings. The molecule has 1 aliphatic heterocycles. The quantitative estimate of drug-likeness (QED) is 0.536. The summed E-state index contributed by atoms with van der Waals surface area (Å²) >= 11 is 1.65. The Labute approximate surface area is 162 Å². The van der Waals surface area contributed by atoms with Crippen LogP contribution in [0.1, 0.15) is 23.2 Å². The zero-order chi connectivity index (χ0) is 19.6. The van der Waals surface area contributed by atoms with E-state index in [9.17, 15) is 18.5 Å². The average molecular weight is 411 g/mol. The first-order valence-corrected chi connectivity index (χ1v) is 11.0. The third kappa shape index (κ3) is 4.34. The molecule has 1 aromatic heterocycles. The fourth-order valence-corrected chi connectivity index (χ4v) is 5.46. The lowest BCUT2D eigenvalue weighted by Gasteiger charge is -2.33. The highest BCUT2D eigenvalue weighted by Crippen LogP contribution is 2.26. The highest BCUT2D eigenvalue weighted by molar-refractivity contribution is 7.89. The van der Waals surface area contributed by atoms with Gasteiger partial charge in [0.25, 0.3) is 5.69 Å². The van der Waals surface area contributed by atoms with E-state index in [-0.39, 0.29) is 10.6 Å². The van der Waals surface area contributed by atoms with Crippen molar-refractivity contribution in [1.29, 1.82) is 0 Å². The van der Waals surface area contributed by atoms with Gasteiger partial charge in [0.1, 0.15) is 0 Å². The van der Waals surface area contributed by atoms with Crippen molar-refractivity contribution in [2.24, 2.45) is 0 Å². The van der Waals surface area contributed by atoms with Crippen molar-refractivity contribution in [1.82, 2.24) is 14.2 Å². The van der Waals surface area contributed by atoms with Crippen LogP contribution < -0.4 is 0 Å². The van der Waals surface area contributed by atoms with Gasteiger partial charge in [-0.2, -0.15) is 4.31 Å². The van der Waals surface area contributed by atoms with Gasteiger partial charge in [0.2, 0.25) is 10.0 Å².